The summed E-state index contributed by atoms with van der Waals surface area (Å²) in [6.45, 7) is 6.35. The fourth-order valence-corrected chi connectivity index (χ4v) is 3.16. The number of amides is 3. The summed E-state index contributed by atoms with van der Waals surface area (Å²) in [7, 11) is 0. The summed E-state index contributed by atoms with van der Waals surface area (Å²) in [5.74, 6) is -0.120. The number of hydrogen-bond acceptors (Lipinski definition) is 2. The molecule has 0 aromatic heterocycles. The van der Waals surface area contributed by atoms with Crippen LogP contribution in [0.1, 0.15) is 37.9 Å². The van der Waals surface area contributed by atoms with E-state index in [1.54, 1.807) is 4.90 Å². The van der Waals surface area contributed by atoms with E-state index >= 15 is 0 Å². The Hall–Kier alpha value is -2.82. The highest BCUT2D eigenvalue weighted by Gasteiger charge is 2.32. The number of benzene rings is 2. The van der Waals surface area contributed by atoms with Gasteiger partial charge in [-0.3, -0.25) is 4.79 Å². The van der Waals surface area contributed by atoms with Gasteiger partial charge in [0.1, 0.15) is 6.04 Å². The van der Waals surface area contributed by atoms with Crippen LogP contribution in [0.2, 0.25) is 0 Å². The molecule has 2 N–H and O–H groups in total. The van der Waals surface area contributed by atoms with E-state index in [0.717, 1.165) is 23.2 Å². The number of rotatable bonds is 3. The van der Waals surface area contributed by atoms with Gasteiger partial charge in [-0.1, -0.05) is 48.5 Å². The van der Waals surface area contributed by atoms with Gasteiger partial charge in [0.05, 0.1) is 0 Å². The molecule has 1 atom stereocenters. The molecule has 2 aromatic carbocycles. The van der Waals surface area contributed by atoms with Crippen LogP contribution in [0.15, 0.2) is 54.6 Å². The number of anilines is 1. The highest BCUT2D eigenvalue weighted by atomic mass is 16.2. The van der Waals surface area contributed by atoms with E-state index < -0.39 is 6.04 Å². The highest BCUT2D eigenvalue weighted by molar-refractivity contribution is 6.01. The first kappa shape index (κ1) is 18.0. The van der Waals surface area contributed by atoms with Crippen molar-refractivity contribution in [2.45, 2.75) is 38.8 Å². The molecule has 26 heavy (non-hydrogen) atoms. The second-order valence-electron chi connectivity index (χ2n) is 7.56. The third kappa shape index (κ3) is 4.04. The lowest BCUT2D eigenvalue weighted by Gasteiger charge is -2.27. The van der Waals surface area contributed by atoms with Crippen molar-refractivity contribution in [2.75, 3.05) is 11.4 Å². The number of carbonyl (C=O) groups excluding carboxylic acids is 2. The standard InChI is InChI=1S/C21H25N3O2/c1-21(2,3)23-20(26)22-18(16-10-5-4-6-11-16)19(25)24-14-13-15-9-7-8-12-17(15)24/h4-12,18H,13-14H2,1-3H3,(H2,22,23,26)/t18-/m0/s1. The minimum absolute atomic E-state index is 0.120. The summed E-state index contributed by atoms with van der Waals surface area (Å²) in [5.41, 5.74) is 2.48. The van der Waals surface area contributed by atoms with E-state index in [4.69, 9.17) is 0 Å². The lowest BCUT2D eigenvalue weighted by Crippen LogP contribution is -2.50. The first-order valence-corrected chi connectivity index (χ1v) is 8.88. The highest BCUT2D eigenvalue weighted by Crippen LogP contribution is 2.30. The van der Waals surface area contributed by atoms with Crippen molar-refractivity contribution in [3.63, 3.8) is 0 Å². The summed E-state index contributed by atoms with van der Waals surface area (Å²) >= 11 is 0. The Morgan fingerprint density at radius 1 is 1.00 bits per heavy atom. The van der Waals surface area contributed by atoms with E-state index in [9.17, 15) is 9.59 Å². The fourth-order valence-electron chi connectivity index (χ4n) is 3.16. The Kier molecular flexibility index (Phi) is 4.98. The Morgan fingerprint density at radius 3 is 2.35 bits per heavy atom. The van der Waals surface area contributed by atoms with Crippen LogP contribution < -0.4 is 15.5 Å². The molecular formula is C21H25N3O2. The largest absolute Gasteiger partial charge is 0.334 e. The number of carbonyl (C=O) groups is 2. The number of nitrogens with one attached hydrogen (secondary N) is 2. The lowest BCUT2D eigenvalue weighted by atomic mass is 10.1. The smallest absolute Gasteiger partial charge is 0.316 e. The van der Waals surface area contributed by atoms with Gasteiger partial charge in [-0.15, -0.1) is 0 Å². The van der Waals surface area contributed by atoms with Crippen LogP contribution in [-0.2, 0) is 11.2 Å². The van der Waals surface area contributed by atoms with E-state index in [0.29, 0.717) is 6.54 Å². The second-order valence-corrected chi connectivity index (χ2v) is 7.56. The van der Waals surface area contributed by atoms with Gasteiger partial charge in [0.2, 0.25) is 0 Å². The molecule has 1 aliphatic heterocycles. The number of fused-ring (bicyclic) bond motifs is 1. The van der Waals surface area contributed by atoms with Crippen LogP contribution in [0.25, 0.3) is 0 Å². The molecule has 0 saturated heterocycles. The lowest BCUT2D eigenvalue weighted by molar-refractivity contribution is -0.120. The van der Waals surface area contributed by atoms with Crippen molar-refractivity contribution in [3.05, 3.63) is 65.7 Å². The van der Waals surface area contributed by atoms with Gasteiger partial charge in [0, 0.05) is 17.8 Å². The first-order valence-electron chi connectivity index (χ1n) is 8.88. The van der Waals surface area contributed by atoms with Crippen LogP contribution >= 0.6 is 0 Å². The molecule has 3 rings (SSSR count). The van der Waals surface area contributed by atoms with Crippen molar-refractivity contribution >= 4 is 17.6 Å². The van der Waals surface area contributed by atoms with Crippen LogP contribution in [0.3, 0.4) is 0 Å². The maximum atomic E-state index is 13.3. The van der Waals surface area contributed by atoms with Crippen LogP contribution in [0.5, 0.6) is 0 Å². The molecule has 2 aromatic rings. The molecule has 0 fully saturated rings. The van der Waals surface area contributed by atoms with Crippen molar-refractivity contribution < 1.29 is 9.59 Å². The zero-order valence-corrected chi connectivity index (χ0v) is 15.5. The van der Waals surface area contributed by atoms with E-state index in [1.807, 2.05) is 75.4 Å². The molecular weight excluding hydrogens is 326 g/mol. The summed E-state index contributed by atoms with van der Waals surface area (Å²) in [6.07, 6.45) is 0.831. The van der Waals surface area contributed by atoms with E-state index in [2.05, 4.69) is 10.6 Å². The normalized spacial score (nSPS) is 14.5. The van der Waals surface area contributed by atoms with Gasteiger partial charge in [0.15, 0.2) is 0 Å². The van der Waals surface area contributed by atoms with E-state index in [1.165, 1.54) is 0 Å². The Labute approximate surface area is 154 Å². The Bertz CT molecular complexity index is 796. The van der Waals surface area contributed by atoms with Crippen molar-refractivity contribution in [3.8, 4) is 0 Å². The van der Waals surface area contributed by atoms with Gasteiger partial charge in [-0.25, -0.2) is 4.79 Å². The molecule has 1 aliphatic rings. The molecule has 0 unspecified atom stereocenters. The molecule has 5 heteroatoms. The van der Waals surface area contributed by atoms with Gasteiger partial charge < -0.3 is 15.5 Å². The third-order valence-electron chi connectivity index (χ3n) is 4.30. The Morgan fingerprint density at radius 2 is 1.65 bits per heavy atom. The second kappa shape index (κ2) is 7.20. The number of urea groups is 1. The average Bonchev–Trinajstić information content (AvgIpc) is 3.02. The molecule has 0 saturated carbocycles. The maximum Gasteiger partial charge on any atom is 0.316 e. The van der Waals surface area contributed by atoms with Gasteiger partial charge in [-0.05, 0) is 44.4 Å². The molecule has 1 heterocycles. The first-order chi connectivity index (χ1) is 12.3. The fraction of sp³-hybridized carbons (Fsp3) is 0.333. The predicted octanol–water partition coefficient (Wildman–Crippen LogP) is 3.41. The summed E-state index contributed by atoms with van der Waals surface area (Å²) in [6, 6.07) is 16.2. The number of para-hydroxylation sites is 1. The van der Waals surface area contributed by atoms with E-state index in [-0.39, 0.29) is 17.5 Å². The maximum absolute atomic E-state index is 13.3. The molecule has 0 bridgehead atoms. The van der Waals surface area contributed by atoms with Gasteiger partial charge in [0.25, 0.3) is 5.91 Å². The zero-order chi connectivity index (χ0) is 18.7. The third-order valence-corrected chi connectivity index (χ3v) is 4.30. The summed E-state index contributed by atoms with van der Waals surface area (Å²) in [5, 5.41) is 5.72. The van der Waals surface area contributed by atoms with Crippen molar-refractivity contribution in [1.29, 1.82) is 0 Å². The van der Waals surface area contributed by atoms with Crippen LogP contribution in [0, 0.1) is 0 Å². The minimum atomic E-state index is -0.732. The Balaban J connectivity index is 1.87. The van der Waals surface area contributed by atoms with Crippen LogP contribution in [0.4, 0.5) is 10.5 Å². The number of hydrogen-bond donors (Lipinski definition) is 2. The monoisotopic (exact) mass is 351 g/mol. The zero-order valence-electron chi connectivity index (χ0n) is 15.5. The van der Waals surface area contributed by atoms with Gasteiger partial charge in [-0.2, -0.15) is 0 Å². The van der Waals surface area contributed by atoms with Gasteiger partial charge >= 0.3 is 6.03 Å². The molecule has 136 valence electrons. The van der Waals surface area contributed by atoms with Crippen molar-refractivity contribution in [1.82, 2.24) is 10.6 Å². The number of nitrogens with zero attached hydrogens (tertiary/aromatic N) is 1. The summed E-state index contributed by atoms with van der Waals surface area (Å²) in [4.78, 5) is 27.5. The SMILES string of the molecule is CC(C)(C)NC(=O)N[C@H](C(=O)N1CCc2ccccc21)c1ccccc1. The van der Waals surface area contributed by atoms with Crippen LogP contribution in [-0.4, -0.2) is 24.0 Å². The molecule has 5 nitrogen and oxygen atoms in total. The molecule has 0 aliphatic carbocycles. The predicted molar refractivity (Wildman–Crippen MR) is 103 cm³/mol. The average molecular weight is 351 g/mol. The van der Waals surface area contributed by atoms with Crippen molar-refractivity contribution in [2.24, 2.45) is 0 Å². The summed E-state index contributed by atoms with van der Waals surface area (Å²) < 4.78 is 0. The molecule has 3 amide bonds. The quantitative estimate of drug-likeness (QED) is 0.890. The molecule has 0 radical (unpaired) electrons. The molecule has 0 spiro atoms. The topological polar surface area (TPSA) is 61.4 Å². The minimum Gasteiger partial charge on any atom is -0.334 e.